The second kappa shape index (κ2) is 11.6. The molecule has 15 nitrogen and oxygen atoms in total. The molecule has 202 valence electrons. The third-order valence-corrected chi connectivity index (χ3v) is 7.84. The first kappa shape index (κ1) is 28.6. The summed E-state index contributed by atoms with van der Waals surface area (Å²) in [5, 5.41) is 24.0. The number of aliphatic carboxylic acids is 1. The number of nitriles is 1. The highest BCUT2D eigenvalue weighted by Gasteiger charge is 2.54. The number of aromatic nitrogens is 2. The molecule has 1 aromatic heterocycles. The van der Waals surface area contributed by atoms with E-state index in [2.05, 4.69) is 19.8 Å². The third-order valence-electron chi connectivity index (χ3n) is 6.00. The zero-order valence-corrected chi connectivity index (χ0v) is 22.3. The average molecular weight is 565 g/mol. The van der Waals surface area contributed by atoms with Crippen LogP contribution >= 0.6 is 23.3 Å². The fraction of sp³-hybridized carbons (Fsp3) is 0.429. The van der Waals surface area contributed by atoms with Crippen molar-refractivity contribution in [2.45, 2.75) is 24.4 Å². The molecule has 0 saturated carbocycles. The lowest BCUT2D eigenvalue weighted by Gasteiger charge is -2.49. The van der Waals surface area contributed by atoms with Crippen LogP contribution in [-0.4, -0.2) is 104 Å². The molecule has 6 N–H and O–H groups in total. The van der Waals surface area contributed by atoms with Crippen LogP contribution < -0.4 is 16.8 Å². The second-order valence-electron chi connectivity index (χ2n) is 8.81. The molecule has 3 atom stereocenters. The summed E-state index contributed by atoms with van der Waals surface area (Å²) in [6.07, 6.45) is 3.36. The summed E-state index contributed by atoms with van der Waals surface area (Å²) in [5.41, 5.74) is 10.8. The lowest BCUT2D eigenvalue weighted by Crippen LogP contribution is -2.71. The van der Waals surface area contributed by atoms with Crippen LogP contribution in [0.1, 0.15) is 12.7 Å². The molecule has 3 rings (SSSR count). The minimum Gasteiger partial charge on any atom is -0.477 e. The van der Waals surface area contributed by atoms with Crippen LogP contribution in [0, 0.1) is 11.3 Å². The number of amides is 3. The number of carboxylic acids is 1. The molecule has 0 spiro atoms. The SMILES string of the molecule is C[C@@H](C(N)=O)[N+](C)(C)C/C=C/C1=C(C(=O)O)N2C(=O)[C@@H](NC(=O)/C(=N\OCC#N)c3nsc(N)n3)[C@@H]2SC1. The van der Waals surface area contributed by atoms with E-state index in [4.69, 9.17) is 21.6 Å². The number of hydrogen-bond acceptors (Lipinski definition) is 12. The van der Waals surface area contributed by atoms with Crippen LogP contribution in [0.3, 0.4) is 0 Å². The number of anilines is 1. The van der Waals surface area contributed by atoms with Gasteiger partial charge in [-0.1, -0.05) is 11.2 Å². The molecule has 38 heavy (non-hydrogen) atoms. The molecular weight excluding hydrogens is 538 g/mol. The zero-order chi connectivity index (χ0) is 28.2. The summed E-state index contributed by atoms with van der Waals surface area (Å²) in [7, 11) is 3.64. The van der Waals surface area contributed by atoms with Crippen molar-refractivity contribution in [1.29, 1.82) is 5.26 Å². The van der Waals surface area contributed by atoms with Gasteiger partial charge in [0.05, 0.1) is 20.6 Å². The van der Waals surface area contributed by atoms with Crippen LogP contribution in [0.25, 0.3) is 0 Å². The van der Waals surface area contributed by atoms with Gasteiger partial charge in [0.1, 0.15) is 23.2 Å². The van der Waals surface area contributed by atoms with Gasteiger partial charge in [0.15, 0.2) is 11.2 Å². The first-order valence-corrected chi connectivity index (χ1v) is 12.9. The number of oxime groups is 1. The van der Waals surface area contributed by atoms with E-state index < -0.39 is 47.8 Å². The number of nitrogens with one attached hydrogen (secondary N) is 1. The van der Waals surface area contributed by atoms with Gasteiger partial charge in [-0.3, -0.25) is 19.3 Å². The number of thioether (sulfide) groups is 1. The Morgan fingerprint density at radius 2 is 2.16 bits per heavy atom. The molecule has 2 aliphatic heterocycles. The number of nitrogen functional groups attached to an aromatic ring is 1. The van der Waals surface area contributed by atoms with Crippen molar-refractivity contribution in [1.82, 2.24) is 19.6 Å². The topological polar surface area (TPSA) is 227 Å². The Bertz CT molecular complexity index is 1280. The smallest absolute Gasteiger partial charge is 0.352 e. The summed E-state index contributed by atoms with van der Waals surface area (Å²) >= 11 is 2.09. The van der Waals surface area contributed by atoms with E-state index in [0.717, 1.165) is 16.4 Å². The van der Waals surface area contributed by atoms with Gasteiger partial charge >= 0.3 is 5.97 Å². The highest BCUT2D eigenvalue weighted by molar-refractivity contribution is 8.00. The second-order valence-corrected chi connectivity index (χ2v) is 10.7. The van der Waals surface area contributed by atoms with Crippen LogP contribution in [0.15, 0.2) is 28.6 Å². The van der Waals surface area contributed by atoms with Gasteiger partial charge in [0.25, 0.3) is 17.7 Å². The number of carboxylic acid groups (broad SMARTS) is 1. The Hall–Kier alpha value is -4.01. The van der Waals surface area contributed by atoms with Crippen LogP contribution in [-0.2, 0) is 24.0 Å². The summed E-state index contributed by atoms with van der Waals surface area (Å²) in [5.74, 6) is -3.11. The Balaban J connectivity index is 1.77. The first-order chi connectivity index (χ1) is 17.9. The molecular formula is C21H26N9O6S2+. The lowest BCUT2D eigenvalue weighted by atomic mass is 10.0. The molecule has 0 bridgehead atoms. The van der Waals surface area contributed by atoms with Gasteiger partial charge in [-0.05, 0) is 18.6 Å². The Labute approximate surface area is 225 Å². The van der Waals surface area contributed by atoms with Crippen molar-refractivity contribution >= 4 is 57.8 Å². The van der Waals surface area contributed by atoms with Gasteiger partial charge < -0.3 is 31.2 Å². The van der Waals surface area contributed by atoms with Crippen molar-refractivity contribution in [3.05, 3.63) is 29.2 Å². The molecule has 2 aliphatic rings. The average Bonchev–Trinajstić information content (AvgIpc) is 3.29. The molecule has 3 amide bonds. The molecule has 1 saturated heterocycles. The van der Waals surface area contributed by atoms with Crippen molar-refractivity contribution in [3.8, 4) is 6.07 Å². The van der Waals surface area contributed by atoms with E-state index in [0.29, 0.717) is 12.1 Å². The summed E-state index contributed by atoms with van der Waals surface area (Å²) < 4.78 is 4.17. The number of primary amides is 1. The number of nitrogens with two attached hydrogens (primary N) is 2. The van der Waals surface area contributed by atoms with E-state index >= 15 is 0 Å². The maximum absolute atomic E-state index is 13.0. The lowest BCUT2D eigenvalue weighted by molar-refractivity contribution is -0.898. The number of nitrogens with zero attached hydrogens (tertiary/aromatic N) is 6. The van der Waals surface area contributed by atoms with Crippen molar-refractivity contribution in [3.63, 3.8) is 0 Å². The Morgan fingerprint density at radius 3 is 2.74 bits per heavy atom. The molecule has 1 fully saturated rings. The van der Waals surface area contributed by atoms with E-state index in [-0.39, 0.29) is 32.6 Å². The monoisotopic (exact) mass is 564 g/mol. The van der Waals surface area contributed by atoms with Crippen LogP contribution in [0.2, 0.25) is 0 Å². The molecule has 3 heterocycles. The van der Waals surface area contributed by atoms with Crippen LogP contribution in [0.5, 0.6) is 0 Å². The molecule has 0 radical (unpaired) electrons. The number of carbonyl (C=O) groups is 4. The molecule has 17 heteroatoms. The Morgan fingerprint density at radius 1 is 1.45 bits per heavy atom. The third kappa shape index (κ3) is 5.93. The van der Waals surface area contributed by atoms with Crippen LogP contribution in [0.4, 0.5) is 5.13 Å². The number of hydrogen-bond donors (Lipinski definition) is 4. The van der Waals surface area contributed by atoms with Crippen molar-refractivity contribution < 1.29 is 33.6 Å². The summed E-state index contributed by atoms with van der Waals surface area (Å²) in [6.45, 7) is 1.66. The maximum Gasteiger partial charge on any atom is 0.352 e. The number of allylic oxidation sites excluding steroid dienone is 1. The number of carbonyl (C=O) groups excluding carboxylic acids is 3. The normalized spacial score (nSPS) is 20.4. The largest absolute Gasteiger partial charge is 0.477 e. The number of likely N-dealkylation sites (N-methyl/N-ethyl adjacent to an activating group) is 1. The fourth-order valence-electron chi connectivity index (χ4n) is 3.59. The first-order valence-electron chi connectivity index (χ1n) is 11.1. The zero-order valence-electron chi connectivity index (χ0n) is 20.7. The molecule has 0 unspecified atom stereocenters. The minimum absolute atomic E-state index is 0.0672. The highest BCUT2D eigenvalue weighted by atomic mass is 32.2. The van der Waals surface area contributed by atoms with E-state index in [1.54, 1.807) is 25.1 Å². The number of rotatable bonds is 11. The van der Waals surface area contributed by atoms with Crippen molar-refractivity contribution in [2.24, 2.45) is 10.9 Å². The van der Waals surface area contributed by atoms with Gasteiger partial charge in [0.2, 0.25) is 18.1 Å². The predicted molar refractivity (Wildman–Crippen MR) is 137 cm³/mol. The highest BCUT2D eigenvalue weighted by Crippen LogP contribution is 2.40. The summed E-state index contributed by atoms with van der Waals surface area (Å²) in [6, 6.07) is 0.194. The minimum atomic E-state index is -1.29. The molecule has 0 aromatic carbocycles. The van der Waals surface area contributed by atoms with Gasteiger partial charge in [-0.15, -0.1) is 11.8 Å². The fourth-order valence-corrected chi connectivity index (χ4v) is 5.34. The molecule has 0 aliphatic carbocycles. The Kier molecular flexibility index (Phi) is 8.70. The van der Waals surface area contributed by atoms with Gasteiger partial charge in [-0.2, -0.15) is 14.6 Å². The van der Waals surface area contributed by atoms with E-state index in [1.807, 2.05) is 14.1 Å². The predicted octanol–water partition coefficient (Wildman–Crippen LogP) is -1.39. The number of quaternary nitrogens is 1. The number of fused-ring (bicyclic) bond motifs is 1. The van der Waals surface area contributed by atoms with Gasteiger partial charge in [-0.25, -0.2) is 4.79 Å². The quantitative estimate of drug-likeness (QED) is 0.0804. The molecule has 1 aromatic rings. The van der Waals surface area contributed by atoms with E-state index in [1.165, 1.54) is 11.8 Å². The number of β-lactam (4-membered cyclic amide) rings is 1. The summed E-state index contributed by atoms with van der Waals surface area (Å²) in [4.78, 5) is 59.3. The maximum atomic E-state index is 13.0. The van der Waals surface area contributed by atoms with Crippen molar-refractivity contribution in [2.75, 3.05) is 38.7 Å². The van der Waals surface area contributed by atoms with Gasteiger partial charge in [0, 0.05) is 17.3 Å². The van der Waals surface area contributed by atoms with E-state index in [9.17, 15) is 24.3 Å². The standard InChI is InChI=1S/C21H25N9O6S2/c1-10(15(23)31)30(2,3)7-4-5-11-9-37-19-13(18(33)29(19)14(11)20(34)35)25-17(32)12(27-36-8-6-22)16-26-21(24)38-28-16/h4-5,10,13,19H,7-9H2,1-3H3,(H5-,23,24,25,26,28,31,32,34,35)/p+1/b5-4+,27-12-/t10-,13+,19-/m0/s1.